The van der Waals surface area contributed by atoms with Crippen molar-refractivity contribution in [2.75, 3.05) is 72.7 Å². The van der Waals surface area contributed by atoms with E-state index in [1.165, 1.54) is 5.57 Å². The minimum atomic E-state index is -0.824. The van der Waals surface area contributed by atoms with Gasteiger partial charge in [-0.25, -0.2) is 0 Å². The second kappa shape index (κ2) is 26.9. The van der Waals surface area contributed by atoms with Gasteiger partial charge in [0.1, 0.15) is 6.10 Å². The standard InChI is InChI=1S/C18H32O7.C2H6.C2H4/c19-14-18(20)16-25-13-11-23-9-7-21-6-8-22-10-12-24-15-17-4-2-1-3-5-17;2*1-2/h2,4-5,18-20H,1,3,6-16H2;1-2H3;1-2H2. The maximum Gasteiger partial charge on any atom is 0.100 e. The van der Waals surface area contributed by atoms with Crippen LogP contribution in [-0.2, 0) is 23.7 Å². The highest BCUT2D eigenvalue weighted by Gasteiger charge is 2.01. The van der Waals surface area contributed by atoms with E-state index < -0.39 is 6.10 Å². The highest BCUT2D eigenvalue weighted by Crippen LogP contribution is 2.09. The third kappa shape index (κ3) is 23.1. The lowest BCUT2D eigenvalue weighted by Gasteiger charge is -2.10. The Balaban J connectivity index is 0. The van der Waals surface area contributed by atoms with E-state index in [1.54, 1.807) is 0 Å². The Labute approximate surface area is 176 Å². The second-order valence-electron chi connectivity index (χ2n) is 5.56. The molecule has 2 N–H and O–H groups in total. The Kier molecular flexibility index (Phi) is 28.0. The molecular formula is C22H42O7. The first-order chi connectivity index (χ1) is 14.3. The Bertz CT molecular complexity index is 372. The monoisotopic (exact) mass is 418 g/mol. The second-order valence-corrected chi connectivity index (χ2v) is 5.56. The Morgan fingerprint density at radius 2 is 1.31 bits per heavy atom. The third-order valence-electron chi connectivity index (χ3n) is 3.35. The lowest BCUT2D eigenvalue weighted by molar-refractivity contribution is -0.0285. The van der Waals surface area contributed by atoms with Crippen LogP contribution in [0.4, 0.5) is 0 Å². The first-order valence-electron chi connectivity index (χ1n) is 10.4. The van der Waals surface area contributed by atoms with Gasteiger partial charge in [0.2, 0.25) is 0 Å². The van der Waals surface area contributed by atoms with Crippen LogP contribution >= 0.6 is 0 Å². The fraction of sp³-hybridized carbons (Fsp3) is 0.727. The molecule has 0 fully saturated rings. The zero-order valence-corrected chi connectivity index (χ0v) is 18.4. The highest BCUT2D eigenvalue weighted by atomic mass is 16.6. The number of aliphatic hydroxyl groups excluding tert-OH is 2. The summed E-state index contributed by atoms with van der Waals surface area (Å²) in [4.78, 5) is 0. The first kappa shape index (κ1) is 30.1. The topological polar surface area (TPSA) is 86.6 Å². The van der Waals surface area contributed by atoms with Gasteiger partial charge < -0.3 is 33.9 Å². The van der Waals surface area contributed by atoms with Gasteiger partial charge in [0.05, 0.1) is 72.7 Å². The van der Waals surface area contributed by atoms with Gasteiger partial charge in [0, 0.05) is 0 Å². The number of hydrogen-bond acceptors (Lipinski definition) is 7. The summed E-state index contributed by atoms with van der Waals surface area (Å²) in [6.45, 7) is 14.5. The molecule has 0 saturated heterocycles. The first-order valence-corrected chi connectivity index (χ1v) is 10.4. The molecule has 0 bridgehead atoms. The lowest BCUT2D eigenvalue weighted by atomic mass is 10.1. The summed E-state index contributed by atoms with van der Waals surface area (Å²) >= 11 is 0. The van der Waals surface area contributed by atoms with E-state index in [9.17, 15) is 0 Å². The van der Waals surface area contributed by atoms with Crippen molar-refractivity contribution in [2.45, 2.75) is 32.8 Å². The van der Waals surface area contributed by atoms with E-state index in [2.05, 4.69) is 31.4 Å². The van der Waals surface area contributed by atoms with Crippen molar-refractivity contribution in [1.82, 2.24) is 0 Å². The molecule has 7 heteroatoms. The molecule has 1 aliphatic carbocycles. The molecule has 1 atom stereocenters. The van der Waals surface area contributed by atoms with Crippen molar-refractivity contribution in [2.24, 2.45) is 0 Å². The van der Waals surface area contributed by atoms with Crippen LogP contribution in [0.3, 0.4) is 0 Å². The summed E-state index contributed by atoms with van der Waals surface area (Å²) in [5.74, 6) is 0. The fourth-order valence-electron chi connectivity index (χ4n) is 2.01. The van der Waals surface area contributed by atoms with Crippen LogP contribution in [0.15, 0.2) is 37.0 Å². The van der Waals surface area contributed by atoms with E-state index in [0.717, 1.165) is 12.8 Å². The van der Waals surface area contributed by atoms with Gasteiger partial charge in [0.25, 0.3) is 0 Å². The molecule has 1 rings (SSSR count). The molecule has 0 radical (unpaired) electrons. The molecule has 0 spiro atoms. The largest absolute Gasteiger partial charge is 0.394 e. The van der Waals surface area contributed by atoms with E-state index >= 15 is 0 Å². The van der Waals surface area contributed by atoms with Gasteiger partial charge in [-0.1, -0.05) is 32.1 Å². The van der Waals surface area contributed by atoms with E-state index in [1.807, 2.05) is 13.8 Å². The number of allylic oxidation sites excluding steroid dienone is 2. The summed E-state index contributed by atoms with van der Waals surface area (Å²) < 4.78 is 26.7. The Morgan fingerprint density at radius 3 is 1.76 bits per heavy atom. The maximum atomic E-state index is 9.05. The van der Waals surface area contributed by atoms with Gasteiger partial charge in [-0.15, -0.1) is 13.2 Å². The van der Waals surface area contributed by atoms with Gasteiger partial charge in [0.15, 0.2) is 0 Å². The molecule has 7 nitrogen and oxygen atoms in total. The SMILES string of the molecule is C=C.CC.OCC(O)COCCOCCOCCOCCOCC1=CCCC=C1. The molecule has 0 aromatic rings. The summed E-state index contributed by atoms with van der Waals surface area (Å²) in [7, 11) is 0. The molecule has 0 aromatic heterocycles. The fourth-order valence-corrected chi connectivity index (χ4v) is 2.01. The maximum absolute atomic E-state index is 9.05. The average Bonchev–Trinajstić information content (AvgIpc) is 2.79. The van der Waals surface area contributed by atoms with Gasteiger partial charge in [-0.2, -0.15) is 0 Å². The van der Waals surface area contributed by atoms with Crippen LogP contribution in [0.25, 0.3) is 0 Å². The highest BCUT2D eigenvalue weighted by molar-refractivity contribution is 5.22. The van der Waals surface area contributed by atoms with E-state index in [4.69, 9.17) is 33.9 Å². The zero-order valence-electron chi connectivity index (χ0n) is 18.4. The minimum Gasteiger partial charge on any atom is -0.394 e. The molecule has 0 amide bonds. The number of ether oxygens (including phenoxy) is 5. The van der Waals surface area contributed by atoms with Crippen LogP contribution in [0.1, 0.15) is 26.7 Å². The van der Waals surface area contributed by atoms with Crippen molar-refractivity contribution < 1.29 is 33.9 Å². The van der Waals surface area contributed by atoms with E-state index in [0.29, 0.717) is 59.5 Å². The van der Waals surface area contributed by atoms with Crippen LogP contribution in [0.2, 0.25) is 0 Å². The molecule has 0 aliphatic heterocycles. The zero-order chi connectivity index (χ0) is 22.0. The van der Waals surface area contributed by atoms with E-state index in [-0.39, 0.29) is 13.2 Å². The van der Waals surface area contributed by atoms with Gasteiger partial charge >= 0.3 is 0 Å². The smallest absolute Gasteiger partial charge is 0.100 e. The van der Waals surface area contributed by atoms with Crippen molar-refractivity contribution in [3.63, 3.8) is 0 Å². The minimum absolute atomic E-state index is 0.117. The Morgan fingerprint density at radius 1 is 0.828 bits per heavy atom. The number of rotatable bonds is 17. The molecule has 29 heavy (non-hydrogen) atoms. The molecular weight excluding hydrogens is 376 g/mol. The molecule has 1 unspecified atom stereocenters. The summed E-state index contributed by atoms with van der Waals surface area (Å²) in [6, 6.07) is 0. The normalized spacial score (nSPS) is 13.6. The molecule has 172 valence electrons. The molecule has 0 heterocycles. The number of aliphatic hydroxyl groups is 2. The Hall–Kier alpha value is -1.06. The summed E-state index contributed by atoms with van der Waals surface area (Å²) in [5, 5.41) is 17.6. The van der Waals surface area contributed by atoms with Gasteiger partial charge in [-0.05, 0) is 18.4 Å². The van der Waals surface area contributed by atoms with Crippen molar-refractivity contribution in [1.29, 1.82) is 0 Å². The van der Waals surface area contributed by atoms with Crippen LogP contribution in [0.5, 0.6) is 0 Å². The van der Waals surface area contributed by atoms with Gasteiger partial charge in [-0.3, -0.25) is 0 Å². The quantitative estimate of drug-likeness (QED) is 0.277. The predicted molar refractivity (Wildman–Crippen MR) is 116 cm³/mol. The summed E-state index contributed by atoms with van der Waals surface area (Å²) in [5.41, 5.74) is 1.24. The van der Waals surface area contributed by atoms with Crippen molar-refractivity contribution in [3.05, 3.63) is 37.0 Å². The van der Waals surface area contributed by atoms with Crippen LogP contribution in [-0.4, -0.2) is 89.0 Å². The molecule has 1 aliphatic rings. The predicted octanol–water partition coefficient (Wildman–Crippen LogP) is 2.53. The number of hydrogen-bond donors (Lipinski definition) is 2. The average molecular weight is 419 g/mol. The lowest BCUT2D eigenvalue weighted by Crippen LogP contribution is -2.21. The third-order valence-corrected chi connectivity index (χ3v) is 3.35. The van der Waals surface area contributed by atoms with Crippen LogP contribution in [0, 0.1) is 0 Å². The summed E-state index contributed by atoms with van der Waals surface area (Å²) in [6.07, 6.45) is 7.90. The van der Waals surface area contributed by atoms with Crippen LogP contribution < -0.4 is 0 Å². The van der Waals surface area contributed by atoms with Crippen molar-refractivity contribution in [3.8, 4) is 0 Å². The molecule has 0 aromatic carbocycles. The molecule has 0 saturated carbocycles. The van der Waals surface area contributed by atoms with Crippen molar-refractivity contribution >= 4 is 0 Å².